The molecule has 0 amide bonds. The number of hydrogen-bond acceptors (Lipinski definition) is 5. The number of carbonyl (C=O) groups excluding carboxylic acids is 1. The average molecular weight is 386 g/mol. The summed E-state index contributed by atoms with van der Waals surface area (Å²) in [6, 6.07) is 15.8. The van der Waals surface area contributed by atoms with Crippen molar-refractivity contribution in [1.82, 2.24) is 0 Å². The summed E-state index contributed by atoms with van der Waals surface area (Å²) in [7, 11) is 3.19. The lowest BCUT2D eigenvalue weighted by Gasteiger charge is -2.07. The second-order valence-electron chi connectivity index (χ2n) is 6.64. The molecule has 0 bridgehead atoms. The molecule has 2 aromatic rings. The topological polar surface area (TPSA) is 54.0 Å². The Labute approximate surface area is 167 Å². The van der Waals surface area contributed by atoms with E-state index in [1.54, 1.807) is 14.2 Å². The number of ketones is 1. The Morgan fingerprint density at radius 1 is 0.679 bits per heavy atom. The van der Waals surface area contributed by atoms with Crippen molar-refractivity contribution < 1.29 is 23.7 Å². The van der Waals surface area contributed by atoms with Gasteiger partial charge in [0.25, 0.3) is 0 Å². The van der Waals surface area contributed by atoms with Crippen LogP contribution in [0.3, 0.4) is 0 Å². The van der Waals surface area contributed by atoms with Gasteiger partial charge in [0.1, 0.15) is 17.3 Å². The summed E-state index contributed by atoms with van der Waals surface area (Å²) in [6.45, 7) is 0.497. The first-order chi connectivity index (χ1) is 13.7. The lowest BCUT2D eigenvalue weighted by molar-refractivity contribution is -0.119. The molecule has 0 fully saturated rings. The fourth-order valence-corrected chi connectivity index (χ4v) is 2.82. The van der Waals surface area contributed by atoms with Gasteiger partial charge in [-0.1, -0.05) is 24.3 Å². The van der Waals surface area contributed by atoms with E-state index in [1.165, 1.54) is 5.56 Å². The number of Topliss-reactive ketones (excluding diaryl/α,β-unsaturated/α-hetero) is 1. The summed E-state index contributed by atoms with van der Waals surface area (Å²) in [4.78, 5) is 12.1. The van der Waals surface area contributed by atoms with Crippen LogP contribution in [-0.2, 0) is 27.1 Å². The second kappa shape index (κ2) is 12.9. The quantitative estimate of drug-likeness (QED) is 0.352. The molecule has 0 spiro atoms. The molecule has 28 heavy (non-hydrogen) atoms. The smallest absolute Gasteiger partial charge is 0.188 e. The molecule has 5 nitrogen and oxygen atoms in total. The van der Waals surface area contributed by atoms with E-state index in [2.05, 4.69) is 12.1 Å². The zero-order chi connectivity index (χ0) is 20.0. The zero-order valence-corrected chi connectivity index (χ0v) is 16.8. The molecule has 2 aromatic carbocycles. The first-order valence-electron chi connectivity index (χ1n) is 9.64. The van der Waals surface area contributed by atoms with Crippen LogP contribution in [0, 0.1) is 0 Å². The molecule has 0 aliphatic carbocycles. The minimum Gasteiger partial charge on any atom is -0.468 e. The van der Waals surface area contributed by atoms with E-state index in [9.17, 15) is 4.79 Å². The largest absolute Gasteiger partial charge is 0.468 e. The number of methoxy groups -OCH3 is 2. The maximum atomic E-state index is 12.1. The maximum Gasteiger partial charge on any atom is 0.188 e. The molecule has 0 aromatic heterocycles. The van der Waals surface area contributed by atoms with Crippen LogP contribution in [0.15, 0.2) is 48.5 Å². The molecule has 0 N–H and O–H groups in total. The Morgan fingerprint density at radius 2 is 1.18 bits per heavy atom. The minimum absolute atomic E-state index is 0.240. The third kappa shape index (κ3) is 8.55. The molecular formula is C23H30O5. The Bertz CT molecular complexity index is 679. The van der Waals surface area contributed by atoms with Gasteiger partial charge in [-0.15, -0.1) is 0 Å². The Kier molecular flexibility index (Phi) is 10.1. The van der Waals surface area contributed by atoms with Gasteiger partial charge in [0.15, 0.2) is 13.6 Å². The lowest BCUT2D eigenvalue weighted by atomic mass is 10.0. The molecule has 0 saturated heterocycles. The van der Waals surface area contributed by atoms with Gasteiger partial charge in [-0.05, 0) is 61.1 Å². The highest BCUT2D eigenvalue weighted by Crippen LogP contribution is 2.16. The van der Waals surface area contributed by atoms with E-state index < -0.39 is 0 Å². The molecular weight excluding hydrogens is 356 g/mol. The van der Waals surface area contributed by atoms with Crippen LogP contribution >= 0.6 is 0 Å². The van der Waals surface area contributed by atoms with Crippen LogP contribution in [-0.4, -0.2) is 33.6 Å². The van der Waals surface area contributed by atoms with Gasteiger partial charge >= 0.3 is 0 Å². The van der Waals surface area contributed by atoms with Crippen LogP contribution in [0.1, 0.15) is 36.8 Å². The summed E-state index contributed by atoms with van der Waals surface area (Å²) >= 11 is 0. The fourth-order valence-electron chi connectivity index (χ4n) is 2.82. The monoisotopic (exact) mass is 386 g/mol. The Morgan fingerprint density at radius 3 is 1.68 bits per heavy atom. The van der Waals surface area contributed by atoms with Crippen molar-refractivity contribution >= 4 is 5.78 Å². The summed E-state index contributed by atoms with van der Waals surface area (Å²) < 4.78 is 20.5. The van der Waals surface area contributed by atoms with Crippen molar-refractivity contribution in [3.8, 4) is 11.5 Å². The van der Waals surface area contributed by atoms with Crippen molar-refractivity contribution in [3.05, 3.63) is 59.7 Å². The van der Waals surface area contributed by atoms with Crippen LogP contribution in [0.2, 0.25) is 0 Å². The first-order valence-corrected chi connectivity index (χ1v) is 9.64. The third-order valence-corrected chi connectivity index (χ3v) is 4.40. The average Bonchev–Trinajstić information content (AvgIpc) is 2.74. The molecule has 0 radical (unpaired) electrons. The second-order valence-corrected chi connectivity index (χ2v) is 6.64. The molecule has 152 valence electrons. The van der Waals surface area contributed by atoms with E-state index in [1.807, 2.05) is 36.4 Å². The van der Waals surface area contributed by atoms with Gasteiger partial charge in [0.2, 0.25) is 0 Å². The zero-order valence-electron chi connectivity index (χ0n) is 16.8. The number of aryl methyl sites for hydroxylation is 2. The summed E-state index contributed by atoms with van der Waals surface area (Å²) in [5, 5.41) is 0. The maximum absolute atomic E-state index is 12.1. The highest BCUT2D eigenvalue weighted by atomic mass is 16.7. The van der Waals surface area contributed by atoms with Gasteiger partial charge < -0.3 is 18.9 Å². The number of hydrogen-bond donors (Lipinski definition) is 0. The fraction of sp³-hybridized carbons (Fsp3) is 0.435. The predicted molar refractivity (Wildman–Crippen MR) is 109 cm³/mol. The Hall–Kier alpha value is -2.37. The number of ether oxygens (including phenoxy) is 4. The van der Waals surface area contributed by atoms with Crippen LogP contribution in [0.25, 0.3) is 0 Å². The van der Waals surface area contributed by atoms with Crippen molar-refractivity contribution in [1.29, 1.82) is 0 Å². The van der Waals surface area contributed by atoms with Crippen LogP contribution in [0.5, 0.6) is 11.5 Å². The minimum atomic E-state index is 0.240. The normalized spacial score (nSPS) is 10.6. The van der Waals surface area contributed by atoms with E-state index in [-0.39, 0.29) is 13.6 Å². The van der Waals surface area contributed by atoms with Crippen molar-refractivity contribution in [3.63, 3.8) is 0 Å². The molecule has 0 aliphatic rings. The Balaban J connectivity index is 1.59. The predicted octanol–water partition coefficient (Wildman–Crippen LogP) is 4.57. The standard InChI is InChI=1S/C23H30O5/c1-25-17-27-22-13-8-19(9-14-22)5-3-4-6-21(24)12-7-20-10-15-23(16-11-20)28-18-26-2/h8-11,13-16H,3-7,12,17-18H2,1-2H3. The van der Waals surface area contributed by atoms with Crippen molar-refractivity contribution in [2.45, 2.75) is 38.5 Å². The SMILES string of the molecule is COCOc1ccc(CCCCC(=O)CCc2ccc(OCOC)cc2)cc1. The number of unbranched alkanes of at least 4 members (excludes halogenated alkanes) is 1. The summed E-state index contributed by atoms with van der Waals surface area (Å²) in [5.41, 5.74) is 2.40. The van der Waals surface area contributed by atoms with Gasteiger partial charge in [-0.25, -0.2) is 0 Å². The van der Waals surface area contributed by atoms with Crippen LogP contribution < -0.4 is 9.47 Å². The van der Waals surface area contributed by atoms with E-state index in [4.69, 9.17) is 18.9 Å². The lowest BCUT2D eigenvalue weighted by Crippen LogP contribution is -2.01. The van der Waals surface area contributed by atoms with Gasteiger partial charge in [-0.2, -0.15) is 0 Å². The molecule has 0 unspecified atom stereocenters. The van der Waals surface area contributed by atoms with Gasteiger partial charge in [-0.3, -0.25) is 4.79 Å². The molecule has 0 atom stereocenters. The highest BCUT2D eigenvalue weighted by molar-refractivity contribution is 5.78. The van der Waals surface area contributed by atoms with Gasteiger partial charge in [0, 0.05) is 27.1 Å². The van der Waals surface area contributed by atoms with Crippen molar-refractivity contribution in [2.75, 3.05) is 27.8 Å². The molecule has 0 heterocycles. The number of rotatable bonds is 14. The number of carbonyl (C=O) groups is 1. The first kappa shape index (κ1) is 21.9. The van der Waals surface area contributed by atoms with Crippen molar-refractivity contribution in [2.24, 2.45) is 0 Å². The summed E-state index contributed by atoms with van der Waals surface area (Å²) in [5.74, 6) is 1.90. The van der Waals surface area contributed by atoms with Gasteiger partial charge in [0.05, 0.1) is 0 Å². The molecule has 2 rings (SSSR count). The molecule has 0 saturated carbocycles. The molecule has 0 aliphatic heterocycles. The highest BCUT2D eigenvalue weighted by Gasteiger charge is 2.04. The number of benzene rings is 2. The van der Waals surface area contributed by atoms with E-state index in [0.29, 0.717) is 18.6 Å². The van der Waals surface area contributed by atoms with Crippen LogP contribution in [0.4, 0.5) is 0 Å². The van der Waals surface area contributed by atoms with E-state index >= 15 is 0 Å². The third-order valence-electron chi connectivity index (χ3n) is 4.40. The van der Waals surface area contributed by atoms with E-state index in [0.717, 1.165) is 42.7 Å². The summed E-state index contributed by atoms with van der Waals surface area (Å²) in [6.07, 6.45) is 4.90. The molecule has 5 heteroatoms.